The molecule has 34 heavy (non-hydrogen) atoms. The normalized spacial score (nSPS) is 11.3. The Morgan fingerprint density at radius 3 is 2.29 bits per heavy atom. The van der Waals surface area contributed by atoms with Gasteiger partial charge in [-0.25, -0.2) is 13.8 Å². The van der Waals surface area contributed by atoms with Crippen molar-refractivity contribution in [3.8, 4) is 28.4 Å². The third-order valence-corrected chi connectivity index (χ3v) is 4.83. The number of aromatic nitrogens is 3. The molecule has 4 aromatic rings. The van der Waals surface area contributed by atoms with Gasteiger partial charge < -0.3 is 14.8 Å². The number of benzene rings is 2. The van der Waals surface area contributed by atoms with Crippen molar-refractivity contribution in [1.29, 1.82) is 0 Å². The van der Waals surface area contributed by atoms with Gasteiger partial charge in [-0.3, -0.25) is 4.79 Å². The lowest BCUT2D eigenvalue weighted by Crippen LogP contribution is -2.23. The monoisotopic (exact) mass is 474 g/mol. The van der Waals surface area contributed by atoms with Gasteiger partial charge in [0.15, 0.2) is 6.61 Å². The van der Waals surface area contributed by atoms with Gasteiger partial charge in [-0.15, -0.1) is 0 Å². The molecule has 7 nitrogen and oxygen atoms in total. The van der Waals surface area contributed by atoms with E-state index in [0.717, 1.165) is 5.69 Å². The third kappa shape index (κ3) is 4.92. The van der Waals surface area contributed by atoms with E-state index in [2.05, 4.69) is 20.1 Å². The summed E-state index contributed by atoms with van der Waals surface area (Å²) in [4.78, 5) is 17.7. The number of nitrogens with one attached hydrogen (secondary N) is 1. The van der Waals surface area contributed by atoms with Crippen LogP contribution in [0, 0.1) is 0 Å². The summed E-state index contributed by atoms with van der Waals surface area (Å²) in [5.41, 5.74) is 1.60. The summed E-state index contributed by atoms with van der Waals surface area (Å²) in [5, 5.41) is 7.36. The Morgan fingerprint density at radius 2 is 1.68 bits per heavy atom. The van der Waals surface area contributed by atoms with Gasteiger partial charge in [0.25, 0.3) is 12.0 Å². The summed E-state index contributed by atoms with van der Waals surface area (Å²) >= 11 is 0. The highest BCUT2D eigenvalue weighted by Gasteiger charge is 2.18. The van der Waals surface area contributed by atoms with Crippen LogP contribution in [-0.4, -0.2) is 41.5 Å². The van der Waals surface area contributed by atoms with Crippen molar-refractivity contribution in [2.75, 3.05) is 19.0 Å². The largest absolute Gasteiger partial charge is 0.472 e. The zero-order valence-electron chi connectivity index (χ0n) is 17.7. The lowest BCUT2D eigenvalue weighted by Gasteiger charge is -2.13. The minimum absolute atomic E-state index is 0.0889. The van der Waals surface area contributed by atoms with Gasteiger partial charge in [0.2, 0.25) is 5.88 Å². The highest BCUT2D eigenvalue weighted by atomic mass is 19.3. The molecule has 2 aromatic carbocycles. The van der Waals surface area contributed by atoms with Crippen LogP contribution in [0.5, 0.6) is 11.6 Å². The highest BCUT2D eigenvalue weighted by Crippen LogP contribution is 2.28. The Hall–Kier alpha value is -4.15. The van der Waals surface area contributed by atoms with E-state index < -0.39 is 25.2 Å². The van der Waals surface area contributed by atoms with Crippen LogP contribution in [0.4, 0.5) is 23.2 Å². The number of nitrogens with zero attached hydrogens (tertiary/aromatic N) is 3. The van der Waals surface area contributed by atoms with Crippen LogP contribution < -0.4 is 20.3 Å². The molecule has 2 aromatic heterocycles. The Kier molecular flexibility index (Phi) is 6.62. The summed E-state index contributed by atoms with van der Waals surface area (Å²) < 4.78 is 60.7. The van der Waals surface area contributed by atoms with E-state index in [1.54, 1.807) is 31.3 Å². The quantitative estimate of drug-likeness (QED) is 0.372. The Labute approximate surface area is 190 Å². The average molecular weight is 474 g/mol. The van der Waals surface area contributed by atoms with Crippen LogP contribution in [0.2, 0.25) is 0 Å². The zero-order chi connectivity index (χ0) is 24.2. The molecular formula is C23H18F4N4O3. The van der Waals surface area contributed by atoms with Crippen LogP contribution in [0.25, 0.3) is 27.8 Å². The smallest absolute Gasteiger partial charge is 0.387 e. The van der Waals surface area contributed by atoms with Crippen molar-refractivity contribution < 1.29 is 27.0 Å². The number of hydrogen-bond acceptors (Lipinski definition) is 6. The predicted molar refractivity (Wildman–Crippen MR) is 118 cm³/mol. The van der Waals surface area contributed by atoms with E-state index in [4.69, 9.17) is 4.74 Å². The molecule has 0 atom stereocenters. The number of pyridine rings is 1. The van der Waals surface area contributed by atoms with Gasteiger partial charge in [0.05, 0.1) is 11.3 Å². The van der Waals surface area contributed by atoms with Crippen LogP contribution in [0.3, 0.4) is 0 Å². The van der Waals surface area contributed by atoms with Gasteiger partial charge in [-0.2, -0.15) is 18.6 Å². The predicted octanol–water partition coefficient (Wildman–Crippen LogP) is 4.73. The van der Waals surface area contributed by atoms with Gasteiger partial charge in [0, 0.05) is 18.8 Å². The fourth-order valence-electron chi connectivity index (χ4n) is 3.30. The number of hydrogen-bond donors (Lipinski definition) is 1. The Morgan fingerprint density at radius 1 is 0.971 bits per heavy atom. The summed E-state index contributed by atoms with van der Waals surface area (Å²) in [6, 6.07) is 15.2. The summed E-state index contributed by atoms with van der Waals surface area (Å²) in [5.74, 6) is -0.196. The number of rotatable bonds is 8. The summed E-state index contributed by atoms with van der Waals surface area (Å²) in [6.45, 7) is -3.86. The Balaban J connectivity index is 1.89. The standard InChI is InChI=1S/C23H18F4N4O3/c1-28-14-4-6-15(7-5-14)31-22(32)20(13-2-8-16(9-3-13)34-23(26)27)21-17(30-31)10-11-19(29-21)33-12-18(24)25/h2-11,18,23,28H,12H2,1H3. The molecule has 0 saturated heterocycles. The first-order chi connectivity index (χ1) is 16.4. The average Bonchev–Trinajstić information content (AvgIpc) is 2.83. The summed E-state index contributed by atoms with van der Waals surface area (Å²) in [7, 11) is 1.76. The second-order valence-electron chi connectivity index (χ2n) is 7.01. The maximum absolute atomic E-state index is 13.5. The number of anilines is 1. The number of halogens is 4. The molecule has 0 saturated carbocycles. The van der Waals surface area contributed by atoms with Gasteiger partial charge >= 0.3 is 6.61 Å². The molecule has 0 bridgehead atoms. The van der Waals surface area contributed by atoms with Crippen LogP contribution in [0.15, 0.2) is 65.5 Å². The number of ether oxygens (including phenoxy) is 2. The molecule has 0 fully saturated rings. The molecule has 4 rings (SSSR count). The van der Waals surface area contributed by atoms with Crippen molar-refractivity contribution >= 4 is 16.7 Å². The first-order valence-corrected chi connectivity index (χ1v) is 10.0. The molecule has 0 aliphatic rings. The number of fused-ring (bicyclic) bond motifs is 1. The van der Waals surface area contributed by atoms with E-state index in [-0.39, 0.29) is 22.7 Å². The lowest BCUT2D eigenvalue weighted by atomic mass is 10.1. The molecule has 1 N–H and O–H groups in total. The minimum Gasteiger partial charge on any atom is -0.472 e. The molecule has 0 unspecified atom stereocenters. The van der Waals surface area contributed by atoms with Gasteiger partial charge in [-0.1, -0.05) is 12.1 Å². The second-order valence-corrected chi connectivity index (χ2v) is 7.01. The van der Waals surface area contributed by atoms with Crippen molar-refractivity contribution in [3.05, 3.63) is 71.0 Å². The third-order valence-electron chi connectivity index (χ3n) is 4.83. The van der Waals surface area contributed by atoms with Crippen LogP contribution in [0.1, 0.15) is 0 Å². The highest BCUT2D eigenvalue weighted by molar-refractivity contribution is 5.91. The molecule has 0 aliphatic heterocycles. The molecule has 2 heterocycles. The SMILES string of the molecule is CNc1ccc(-n2nc3ccc(OCC(F)F)nc3c(-c3ccc(OC(F)F)cc3)c2=O)cc1. The van der Waals surface area contributed by atoms with E-state index in [9.17, 15) is 22.4 Å². The Bertz CT molecular complexity index is 1340. The molecule has 0 amide bonds. The van der Waals surface area contributed by atoms with E-state index in [0.29, 0.717) is 16.8 Å². The fourth-order valence-corrected chi connectivity index (χ4v) is 3.30. The molecule has 0 aliphatic carbocycles. The molecule has 11 heteroatoms. The van der Waals surface area contributed by atoms with Crippen molar-refractivity contribution in [2.45, 2.75) is 13.0 Å². The first kappa shape index (κ1) is 23.0. The van der Waals surface area contributed by atoms with Crippen molar-refractivity contribution in [3.63, 3.8) is 0 Å². The topological polar surface area (TPSA) is 78.3 Å². The van der Waals surface area contributed by atoms with Gasteiger partial charge in [0.1, 0.15) is 16.8 Å². The molecule has 176 valence electrons. The maximum Gasteiger partial charge on any atom is 0.387 e. The number of alkyl halides is 4. The van der Waals surface area contributed by atoms with Crippen LogP contribution >= 0.6 is 0 Å². The van der Waals surface area contributed by atoms with E-state index in [1.165, 1.54) is 41.1 Å². The molecule has 0 spiro atoms. The summed E-state index contributed by atoms with van der Waals surface area (Å²) in [6.07, 6.45) is -2.70. The fraction of sp³-hybridized carbons (Fsp3) is 0.174. The van der Waals surface area contributed by atoms with Crippen LogP contribution in [-0.2, 0) is 0 Å². The second kappa shape index (κ2) is 9.77. The minimum atomic E-state index is -3.00. The van der Waals surface area contributed by atoms with E-state index in [1.807, 2.05) is 0 Å². The van der Waals surface area contributed by atoms with Gasteiger partial charge in [-0.05, 0) is 48.0 Å². The first-order valence-electron chi connectivity index (χ1n) is 10.0. The van der Waals surface area contributed by atoms with Crippen molar-refractivity contribution in [1.82, 2.24) is 14.8 Å². The zero-order valence-corrected chi connectivity index (χ0v) is 17.7. The maximum atomic E-state index is 13.5. The molecule has 0 radical (unpaired) electrons. The lowest BCUT2D eigenvalue weighted by molar-refractivity contribution is -0.0498. The van der Waals surface area contributed by atoms with Crippen molar-refractivity contribution in [2.24, 2.45) is 0 Å². The molecular weight excluding hydrogens is 456 g/mol. The van der Waals surface area contributed by atoms with E-state index >= 15 is 0 Å².